The summed E-state index contributed by atoms with van der Waals surface area (Å²) in [7, 11) is 1.33. The summed E-state index contributed by atoms with van der Waals surface area (Å²) < 4.78 is 4.57. The van der Waals surface area contributed by atoms with Crippen molar-refractivity contribution < 1.29 is 14.3 Å². The van der Waals surface area contributed by atoms with Crippen LogP contribution < -0.4 is 5.32 Å². The fourth-order valence-corrected chi connectivity index (χ4v) is 3.17. The molecule has 1 amide bonds. The Labute approximate surface area is 137 Å². The number of ether oxygens (including phenoxy) is 1. The van der Waals surface area contributed by atoms with Gasteiger partial charge in [-0.2, -0.15) is 0 Å². The highest BCUT2D eigenvalue weighted by molar-refractivity contribution is 7.99. The number of thiazole rings is 1. The molecule has 1 heterocycles. The molecule has 0 aliphatic carbocycles. The van der Waals surface area contributed by atoms with Crippen molar-refractivity contribution in [1.82, 2.24) is 4.98 Å². The molecular weight excluding hydrogens is 320 g/mol. The molecule has 0 atom stereocenters. The van der Waals surface area contributed by atoms with Gasteiger partial charge in [0.05, 0.1) is 25.0 Å². The van der Waals surface area contributed by atoms with Crippen molar-refractivity contribution in [1.29, 1.82) is 0 Å². The lowest BCUT2D eigenvalue weighted by Crippen LogP contribution is -2.14. The van der Waals surface area contributed by atoms with Crippen LogP contribution in [0.15, 0.2) is 35.7 Å². The van der Waals surface area contributed by atoms with Gasteiger partial charge in [-0.3, -0.25) is 9.59 Å². The van der Waals surface area contributed by atoms with Crippen LogP contribution in [0.2, 0.25) is 0 Å². The maximum atomic E-state index is 11.8. The number of nitrogens with one attached hydrogen (secondary N) is 1. The second-order valence-electron chi connectivity index (χ2n) is 4.42. The standard InChI is InChI=1S/C15H16N2O3S2/c1-20-14(19)7-12-9-22-15(16-12)17-13(18)10-21-8-11-5-3-2-4-6-11/h2-6,9H,7-8,10H2,1H3,(H,16,17,18). The van der Waals surface area contributed by atoms with Crippen LogP contribution in [0.25, 0.3) is 0 Å². The third-order valence-corrected chi connectivity index (χ3v) is 4.51. The number of benzene rings is 1. The second-order valence-corrected chi connectivity index (χ2v) is 6.27. The molecule has 7 heteroatoms. The Bertz CT molecular complexity index is 629. The van der Waals surface area contributed by atoms with Crippen molar-refractivity contribution in [3.63, 3.8) is 0 Å². The number of carbonyl (C=O) groups excluding carboxylic acids is 2. The van der Waals surface area contributed by atoms with E-state index in [0.717, 1.165) is 5.75 Å². The van der Waals surface area contributed by atoms with Crippen LogP contribution in [-0.2, 0) is 26.5 Å². The van der Waals surface area contributed by atoms with Crippen molar-refractivity contribution in [2.24, 2.45) is 0 Å². The summed E-state index contributed by atoms with van der Waals surface area (Å²) in [6, 6.07) is 9.99. The van der Waals surface area contributed by atoms with Gasteiger partial charge in [-0.05, 0) is 5.56 Å². The van der Waals surface area contributed by atoms with E-state index < -0.39 is 0 Å². The van der Waals surface area contributed by atoms with E-state index in [4.69, 9.17) is 0 Å². The molecule has 0 aliphatic rings. The van der Waals surface area contributed by atoms with E-state index >= 15 is 0 Å². The smallest absolute Gasteiger partial charge is 0.311 e. The van der Waals surface area contributed by atoms with Crippen molar-refractivity contribution in [3.8, 4) is 0 Å². The van der Waals surface area contributed by atoms with Crippen molar-refractivity contribution in [2.45, 2.75) is 12.2 Å². The molecule has 0 unspecified atom stereocenters. The highest BCUT2D eigenvalue weighted by atomic mass is 32.2. The third-order valence-electron chi connectivity index (χ3n) is 2.70. The minimum atomic E-state index is -0.346. The average Bonchev–Trinajstić information content (AvgIpc) is 2.95. The summed E-state index contributed by atoms with van der Waals surface area (Å²) in [6.07, 6.45) is 0.117. The van der Waals surface area contributed by atoms with Crippen LogP contribution in [0.4, 0.5) is 5.13 Å². The van der Waals surface area contributed by atoms with Crippen LogP contribution in [-0.4, -0.2) is 29.7 Å². The molecule has 1 aromatic heterocycles. The van der Waals surface area contributed by atoms with Crippen LogP contribution in [0.1, 0.15) is 11.3 Å². The molecule has 2 rings (SSSR count). The van der Waals surface area contributed by atoms with E-state index in [9.17, 15) is 9.59 Å². The largest absolute Gasteiger partial charge is 0.469 e. The summed E-state index contributed by atoms with van der Waals surface area (Å²) in [4.78, 5) is 27.2. The first-order valence-electron chi connectivity index (χ1n) is 6.60. The lowest BCUT2D eigenvalue weighted by Gasteiger charge is -2.02. The molecule has 1 aromatic carbocycles. The Balaban J connectivity index is 1.74. The number of amides is 1. The number of aromatic nitrogens is 1. The third kappa shape index (κ3) is 5.50. The average molecular weight is 336 g/mol. The zero-order valence-electron chi connectivity index (χ0n) is 12.1. The second kappa shape index (κ2) is 8.55. The van der Waals surface area contributed by atoms with Gasteiger partial charge < -0.3 is 10.1 Å². The summed E-state index contributed by atoms with van der Waals surface area (Å²) in [5.74, 6) is 0.710. The first kappa shape index (κ1) is 16.5. The highest BCUT2D eigenvalue weighted by Gasteiger charge is 2.10. The Kier molecular flexibility index (Phi) is 6.42. The Morgan fingerprint density at radius 2 is 2.09 bits per heavy atom. The van der Waals surface area contributed by atoms with E-state index in [0.29, 0.717) is 16.6 Å². The molecule has 0 aliphatic heterocycles. The van der Waals surface area contributed by atoms with Crippen molar-refractivity contribution >= 4 is 40.1 Å². The van der Waals surface area contributed by atoms with E-state index in [1.165, 1.54) is 24.0 Å². The predicted molar refractivity (Wildman–Crippen MR) is 89.1 cm³/mol. The lowest BCUT2D eigenvalue weighted by molar-refractivity contribution is -0.139. The van der Waals surface area contributed by atoms with Crippen molar-refractivity contribution in [2.75, 3.05) is 18.2 Å². The molecule has 1 N–H and O–H groups in total. The summed E-state index contributed by atoms with van der Waals surface area (Å²) in [5, 5.41) is 4.98. The number of nitrogens with zero attached hydrogens (tertiary/aromatic N) is 1. The van der Waals surface area contributed by atoms with Gasteiger partial charge in [0.1, 0.15) is 0 Å². The fraction of sp³-hybridized carbons (Fsp3) is 0.267. The van der Waals surface area contributed by atoms with E-state index in [1.54, 1.807) is 17.1 Å². The van der Waals surface area contributed by atoms with E-state index in [1.807, 2.05) is 30.3 Å². The summed E-state index contributed by atoms with van der Waals surface area (Å²) >= 11 is 2.85. The zero-order chi connectivity index (χ0) is 15.8. The molecule has 0 bridgehead atoms. The normalized spacial score (nSPS) is 10.2. The zero-order valence-corrected chi connectivity index (χ0v) is 13.7. The molecule has 0 radical (unpaired) electrons. The number of carbonyl (C=O) groups is 2. The van der Waals surface area contributed by atoms with Gasteiger partial charge in [0.2, 0.25) is 5.91 Å². The summed E-state index contributed by atoms with van der Waals surface area (Å²) in [6.45, 7) is 0. The van der Waals surface area contributed by atoms with Crippen molar-refractivity contribution in [3.05, 3.63) is 47.0 Å². The number of hydrogen-bond acceptors (Lipinski definition) is 6. The van der Waals surface area contributed by atoms with E-state index in [-0.39, 0.29) is 18.3 Å². The van der Waals surface area contributed by atoms with E-state index in [2.05, 4.69) is 15.0 Å². The van der Waals surface area contributed by atoms with Gasteiger partial charge in [0, 0.05) is 11.1 Å². The first-order chi connectivity index (χ1) is 10.7. The molecule has 0 saturated heterocycles. The molecule has 116 valence electrons. The molecular formula is C15H16N2O3S2. The number of anilines is 1. The highest BCUT2D eigenvalue weighted by Crippen LogP contribution is 2.17. The minimum Gasteiger partial charge on any atom is -0.469 e. The molecule has 5 nitrogen and oxygen atoms in total. The fourth-order valence-electron chi connectivity index (χ4n) is 1.66. The SMILES string of the molecule is COC(=O)Cc1csc(NC(=O)CSCc2ccccc2)n1. The number of rotatable bonds is 7. The van der Waals surface area contributed by atoms with Gasteiger partial charge in [0.15, 0.2) is 5.13 Å². The first-order valence-corrected chi connectivity index (χ1v) is 8.63. The van der Waals surface area contributed by atoms with Crippen LogP contribution >= 0.6 is 23.1 Å². The van der Waals surface area contributed by atoms with Crippen LogP contribution in [0, 0.1) is 0 Å². The Morgan fingerprint density at radius 1 is 1.32 bits per heavy atom. The quantitative estimate of drug-likeness (QED) is 0.788. The van der Waals surface area contributed by atoms with Gasteiger partial charge >= 0.3 is 5.97 Å². The molecule has 0 saturated carbocycles. The summed E-state index contributed by atoms with van der Waals surface area (Å²) in [5.41, 5.74) is 1.79. The number of thioether (sulfide) groups is 1. The number of methoxy groups -OCH3 is 1. The lowest BCUT2D eigenvalue weighted by atomic mass is 10.2. The monoisotopic (exact) mass is 336 g/mol. The number of hydrogen-bond donors (Lipinski definition) is 1. The number of esters is 1. The molecule has 0 spiro atoms. The maximum Gasteiger partial charge on any atom is 0.311 e. The van der Waals surface area contributed by atoms with Gasteiger partial charge in [-0.25, -0.2) is 4.98 Å². The Morgan fingerprint density at radius 3 is 2.82 bits per heavy atom. The van der Waals surface area contributed by atoms with Gasteiger partial charge in [0.25, 0.3) is 0 Å². The van der Waals surface area contributed by atoms with Gasteiger partial charge in [-0.15, -0.1) is 23.1 Å². The Hall–Kier alpha value is -1.86. The van der Waals surface area contributed by atoms with Crippen LogP contribution in [0.5, 0.6) is 0 Å². The topological polar surface area (TPSA) is 68.3 Å². The molecule has 2 aromatic rings. The molecule has 22 heavy (non-hydrogen) atoms. The molecule has 0 fully saturated rings. The van der Waals surface area contributed by atoms with Gasteiger partial charge in [-0.1, -0.05) is 30.3 Å². The minimum absolute atomic E-state index is 0.0973. The maximum absolute atomic E-state index is 11.8. The van der Waals surface area contributed by atoms with Crippen LogP contribution in [0.3, 0.4) is 0 Å². The predicted octanol–water partition coefficient (Wildman–Crippen LogP) is 2.73.